The van der Waals surface area contributed by atoms with E-state index in [0.717, 1.165) is 17.3 Å². The van der Waals surface area contributed by atoms with Crippen LogP contribution in [0.25, 0.3) is 11.4 Å². The Bertz CT molecular complexity index is 1270. The van der Waals surface area contributed by atoms with Crippen LogP contribution in [0.1, 0.15) is 22.1 Å². The maximum atomic E-state index is 14.0. The summed E-state index contributed by atoms with van der Waals surface area (Å²) in [5, 5.41) is 2.23. The van der Waals surface area contributed by atoms with Gasteiger partial charge in [-0.3, -0.25) is 9.59 Å². The number of carbonyl (C=O) groups excluding carboxylic acids is 2. The summed E-state index contributed by atoms with van der Waals surface area (Å²) < 4.78 is 67.3. The molecular weight excluding hydrogens is 513 g/mol. The number of nitrogens with one attached hydrogen (secondary N) is 1. The third kappa shape index (κ3) is 5.77. The van der Waals surface area contributed by atoms with Crippen LogP contribution in [0.2, 0.25) is 5.15 Å². The molecule has 188 valence electrons. The van der Waals surface area contributed by atoms with Gasteiger partial charge in [-0.05, 0) is 29.8 Å². The lowest BCUT2D eigenvalue weighted by Crippen LogP contribution is -2.62. The molecule has 3 heterocycles. The Balaban J connectivity index is 2.18. The summed E-state index contributed by atoms with van der Waals surface area (Å²) in [5.74, 6) is -1.30. The molecule has 15 heteroatoms. The molecule has 1 aliphatic rings. The van der Waals surface area contributed by atoms with E-state index >= 15 is 0 Å². The van der Waals surface area contributed by atoms with Gasteiger partial charge in [0.15, 0.2) is 0 Å². The lowest BCUT2D eigenvalue weighted by Gasteiger charge is -2.45. The molecule has 0 spiro atoms. The van der Waals surface area contributed by atoms with Crippen LogP contribution in [0.3, 0.4) is 0 Å². The molecule has 10 nitrogen and oxygen atoms in total. The highest BCUT2D eigenvalue weighted by molar-refractivity contribution is 7.88. The number of hydrogen-bond donors (Lipinski definition) is 1. The number of aromatic nitrogens is 3. The fraction of sp³-hybridized carbons (Fsp3) is 0.350. The van der Waals surface area contributed by atoms with E-state index in [1.807, 2.05) is 0 Å². The van der Waals surface area contributed by atoms with Gasteiger partial charge in [0, 0.05) is 20.1 Å². The van der Waals surface area contributed by atoms with E-state index in [1.54, 1.807) is 0 Å². The molecule has 1 saturated heterocycles. The first-order valence-corrected chi connectivity index (χ1v) is 12.2. The Morgan fingerprint density at radius 3 is 2.46 bits per heavy atom. The number of rotatable bonds is 5. The third-order valence-electron chi connectivity index (χ3n) is 5.24. The second kappa shape index (κ2) is 9.87. The molecular formula is C20H20ClF3N6O4S. The van der Waals surface area contributed by atoms with Gasteiger partial charge in [-0.1, -0.05) is 18.2 Å². The third-order valence-corrected chi connectivity index (χ3v) is 6.71. The van der Waals surface area contributed by atoms with Crippen molar-refractivity contribution in [2.45, 2.75) is 18.3 Å². The van der Waals surface area contributed by atoms with E-state index in [9.17, 15) is 31.2 Å². The fourth-order valence-electron chi connectivity index (χ4n) is 3.73. The van der Waals surface area contributed by atoms with Crippen LogP contribution in [0.15, 0.2) is 37.2 Å². The molecule has 2 aromatic heterocycles. The summed E-state index contributed by atoms with van der Waals surface area (Å²) in [6.07, 6.45) is -2.37. The maximum Gasteiger partial charge on any atom is 0.406 e. The van der Waals surface area contributed by atoms with E-state index in [0.29, 0.717) is 10.6 Å². The summed E-state index contributed by atoms with van der Waals surface area (Å²) >= 11 is 6.14. The van der Waals surface area contributed by atoms with E-state index in [1.165, 1.54) is 25.2 Å². The lowest BCUT2D eigenvalue weighted by atomic mass is 10.0. The molecule has 1 fully saturated rings. The minimum Gasteiger partial charge on any atom is -0.354 e. The van der Waals surface area contributed by atoms with Crippen molar-refractivity contribution >= 4 is 33.4 Å². The smallest absolute Gasteiger partial charge is 0.354 e. The Morgan fingerprint density at radius 1 is 1.20 bits per heavy atom. The fourth-order valence-corrected chi connectivity index (χ4v) is 5.25. The number of sulfonamides is 1. The largest absolute Gasteiger partial charge is 0.406 e. The van der Waals surface area contributed by atoms with Gasteiger partial charge in [0.05, 0.1) is 23.7 Å². The van der Waals surface area contributed by atoms with Crippen LogP contribution in [-0.4, -0.2) is 83.0 Å². The molecule has 2 atom stereocenters. The van der Waals surface area contributed by atoms with Gasteiger partial charge in [0.25, 0.3) is 5.91 Å². The van der Waals surface area contributed by atoms with Crippen molar-refractivity contribution in [1.82, 2.24) is 29.5 Å². The monoisotopic (exact) mass is 532 g/mol. The first-order valence-electron chi connectivity index (χ1n) is 9.94. The highest BCUT2D eigenvalue weighted by atomic mass is 35.5. The second-order valence-corrected chi connectivity index (χ2v) is 9.86. The molecule has 1 N–H and O–H groups in total. The Hall–Kier alpha value is -3.10. The van der Waals surface area contributed by atoms with Gasteiger partial charge >= 0.3 is 6.18 Å². The van der Waals surface area contributed by atoms with E-state index in [4.69, 9.17) is 11.6 Å². The average molecular weight is 533 g/mol. The molecule has 0 aromatic carbocycles. The molecule has 2 amide bonds. The Morgan fingerprint density at radius 2 is 1.89 bits per heavy atom. The molecule has 0 aliphatic carbocycles. The molecule has 0 radical (unpaired) electrons. The van der Waals surface area contributed by atoms with Crippen molar-refractivity contribution in [3.63, 3.8) is 0 Å². The molecule has 2 aromatic rings. The summed E-state index contributed by atoms with van der Waals surface area (Å²) in [5.41, 5.74) is 0.220. The van der Waals surface area contributed by atoms with Crippen LogP contribution < -0.4 is 5.32 Å². The molecule has 35 heavy (non-hydrogen) atoms. The number of pyridine rings is 1. The average Bonchev–Trinajstić information content (AvgIpc) is 2.80. The number of hydrogen-bond acceptors (Lipinski definition) is 7. The predicted octanol–water partition coefficient (Wildman–Crippen LogP) is 1.81. The number of halogens is 4. The minimum atomic E-state index is -4.98. The molecule has 1 aliphatic heterocycles. The number of amides is 2. The zero-order valence-corrected chi connectivity index (χ0v) is 20.0. The highest BCUT2D eigenvalue weighted by Crippen LogP contribution is 2.39. The number of nitrogens with zero attached hydrogens (tertiary/aromatic N) is 5. The van der Waals surface area contributed by atoms with Gasteiger partial charge in [-0.2, -0.15) is 17.5 Å². The SMILES string of the molecule is C=CC(=O)N1C[C@@H](c2cc(Cl)nc(-c3cc(C(=O)NC)ncn3)c2)N(S(C)(=O)=O)[C@@H](C(F)(F)F)C1. The van der Waals surface area contributed by atoms with Gasteiger partial charge < -0.3 is 10.2 Å². The first-order chi connectivity index (χ1) is 16.3. The van der Waals surface area contributed by atoms with Crippen molar-refractivity contribution in [2.24, 2.45) is 0 Å². The predicted molar refractivity (Wildman–Crippen MR) is 120 cm³/mol. The maximum absolute atomic E-state index is 14.0. The normalized spacial score (nSPS) is 19.3. The first kappa shape index (κ1) is 26.5. The standard InChI is InChI=1S/C20H20ClF3N6O4S/c1-4-18(31)29-8-15(30(35(3,33)34)16(9-29)20(22,23)24)11-5-13(28-17(21)6-11)12-7-14(19(32)25-2)27-10-26-12/h4-7,10,15-16H,1,8-9H2,2-3H3,(H,25,32)/t15-,16+/m0/s1. The summed E-state index contributed by atoms with van der Waals surface area (Å²) in [4.78, 5) is 37.0. The van der Waals surface area contributed by atoms with Gasteiger partial charge in [0.2, 0.25) is 15.9 Å². The summed E-state index contributed by atoms with van der Waals surface area (Å²) in [6, 6.07) is -0.143. The van der Waals surface area contributed by atoms with Crippen LogP contribution in [0, 0.1) is 0 Å². The Labute approximate surface area is 203 Å². The quantitative estimate of drug-likeness (QED) is 0.460. The number of carbonyl (C=O) groups is 2. The van der Waals surface area contributed by atoms with Crippen molar-refractivity contribution in [3.8, 4) is 11.4 Å². The van der Waals surface area contributed by atoms with Crippen LogP contribution in [0.4, 0.5) is 13.2 Å². The topological polar surface area (TPSA) is 125 Å². The van der Waals surface area contributed by atoms with E-state index < -0.39 is 53.2 Å². The summed E-state index contributed by atoms with van der Waals surface area (Å²) in [7, 11) is -3.02. The minimum absolute atomic E-state index is 0.00357. The zero-order chi connectivity index (χ0) is 26.1. The second-order valence-electron chi connectivity index (χ2n) is 7.59. The van der Waals surface area contributed by atoms with E-state index in [-0.39, 0.29) is 27.8 Å². The zero-order valence-electron chi connectivity index (χ0n) is 18.5. The Kier molecular flexibility index (Phi) is 7.48. The molecule has 0 saturated carbocycles. The van der Waals surface area contributed by atoms with Crippen molar-refractivity contribution in [2.75, 3.05) is 26.4 Å². The molecule has 0 unspecified atom stereocenters. The van der Waals surface area contributed by atoms with Crippen molar-refractivity contribution in [3.05, 3.63) is 53.6 Å². The van der Waals surface area contributed by atoms with Crippen LogP contribution in [0.5, 0.6) is 0 Å². The number of piperazine rings is 1. The highest BCUT2D eigenvalue weighted by Gasteiger charge is 2.54. The van der Waals surface area contributed by atoms with Gasteiger partial charge in [-0.15, -0.1) is 0 Å². The van der Waals surface area contributed by atoms with Crippen LogP contribution in [-0.2, 0) is 14.8 Å². The van der Waals surface area contributed by atoms with Crippen molar-refractivity contribution < 1.29 is 31.2 Å². The van der Waals surface area contributed by atoms with Crippen molar-refractivity contribution in [1.29, 1.82) is 0 Å². The number of alkyl halides is 3. The molecule has 3 rings (SSSR count). The van der Waals surface area contributed by atoms with E-state index in [2.05, 4.69) is 26.8 Å². The lowest BCUT2D eigenvalue weighted by molar-refractivity contribution is -0.190. The van der Waals surface area contributed by atoms with Crippen LogP contribution >= 0.6 is 11.6 Å². The summed E-state index contributed by atoms with van der Waals surface area (Å²) in [6.45, 7) is 2.01. The molecule has 0 bridgehead atoms. The van der Waals surface area contributed by atoms with Gasteiger partial charge in [-0.25, -0.2) is 23.4 Å². The van der Waals surface area contributed by atoms with Gasteiger partial charge in [0.1, 0.15) is 23.2 Å².